The van der Waals surface area contributed by atoms with E-state index in [1.54, 1.807) is 24.3 Å². The van der Waals surface area contributed by atoms with Crippen molar-refractivity contribution in [3.63, 3.8) is 0 Å². The summed E-state index contributed by atoms with van der Waals surface area (Å²) in [5.74, 6) is -0.576. The van der Waals surface area contributed by atoms with Crippen LogP contribution in [0.15, 0.2) is 24.3 Å². The molecule has 0 unspecified atom stereocenters. The molecule has 0 spiro atoms. The lowest BCUT2D eigenvalue weighted by molar-refractivity contribution is -0.118. The van der Waals surface area contributed by atoms with Crippen LogP contribution in [0.1, 0.15) is 6.42 Å². The molecule has 0 heterocycles. The van der Waals surface area contributed by atoms with Gasteiger partial charge in [0.1, 0.15) is 0 Å². The van der Waals surface area contributed by atoms with Crippen molar-refractivity contribution in [3.05, 3.63) is 29.3 Å². The molecule has 0 saturated heterocycles. The first-order valence-corrected chi connectivity index (χ1v) is 5.50. The summed E-state index contributed by atoms with van der Waals surface area (Å²) in [6.07, 6.45) is 0.216. The number of primary amides is 1. The van der Waals surface area contributed by atoms with Gasteiger partial charge in [0.15, 0.2) is 0 Å². The van der Waals surface area contributed by atoms with Crippen molar-refractivity contribution in [2.45, 2.75) is 6.42 Å². The SMILES string of the molecule is NC(=O)CCNCC(=O)Nc1ccc(Cl)cc1. The highest BCUT2D eigenvalue weighted by Gasteiger charge is 2.02. The van der Waals surface area contributed by atoms with Crippen LogP contribution in [0.25, 0.3) is 0 Å². The lowest BCUT2D eigenvalue weighted by Crippen LogP contribution is -2.30. The Morgan fingerprint density at radius 1 is 1.24 bits per heavy atom. The first-order valence-electron chi connectivity index (χ1n) is 5.12. The minimum atomic E-state index is -0.393. The van der Waals surface area contributed by atoms with Crippen LogP contribution in [0.2, 0.25) is 5.02 Å². The molecule has 0 radical (unpaired) electrons. The van der Waals surface area contributed by atoms with Gasteiger partial charge in [-0.1, -0.05) is 11.6 Å². The highest BCUT2D eigenvalue weighted by molar-refractivity contribution is 6.30. The molecule has 6 heteroatoms. The monoisotopic (exact) mass is 255 g/mol. The number of rotatable bonds is 6. The first kappa shape index (κ1) is 13.5. The molecule has 92 valence electrons. The van der Waals surface area contributed by atoms with Crippen molar-refractivity contribution in [1.29, 1.82) is 0 Å². The van der Waals surface area contributed by atoms with E-state index in [-0.39, 0.29) is 18.9 Å². The normalized spacial score (nSPS) is 9.94. The van der Waals surface area contributed by atoms with Crippen LogP contribution in [-0.4, -0.2) is 24.9 Å². The number of carbonyl (C=O) groups excluding carboxylic acids is 2. The molecule has 1 rings (SSSR count). The van der Waals surface area contributed by atoms with Crippen molar-refractivity contribution >= 4 is 29.1 Å². The number of hydrogen-bond donors (Lipinski definition) is 3. The second-order valence-electron chi connectivity index (χ2n) is 3.45. The fourth-order valence-electron chi connectivity index (χ4n) is 1.15. The minimum Gasteiger partial charge on any atom is -0.370 e. The summed E-state index contributed by atoms with van der Waals surface area (Å²) in [5.41, 5.74) is 5.63. The molecular formula is C11H14ClN3O2. The molecule has 0 aromatic heterocycles. The molecule has 4 N–H and O–H groups in total. The molecule has 0 aliphatic heterocycles. The molecule has 0 bridgehead atoms. The van der Waals surface area contributed by atoms with Crippen LogP contribution in [-0.2, 0) is 9.59 Å². The second kappa shape index (κ2) is 6.88. The summed E-state index contributed by atoms with van der Waals surface area (Å²) in [6, 6.07) is 6.81. The number of nitrogens with one attached hydrogen (secondary N) is 2. The summed E-state index contributed by atoms with van der Waals surface area (Å²) < 4.78 is 0. The van der Waals surface area contributed by atoms with E-state index < -0.39 is 5.91 Å². The topological polar surface area (TPSA) is 84.2 Å². The number of carbonyl (C=O) groups is 2. The van der Waals surface area contributed by atoms with E-state index in [1.165, 1.54) is 0 Å². The van der Waals surface area contributed by atoms with E-state index in [0.717, 1.165) is 0 Å². The maximum Gasteiger partial charge on any atom is 0.238 e. The van der Waals surface area contributed by atoms with Crippen LogP contribution in [0.5, 0.6) is 0 Å². The molecule has 0 atom stereocenters. The summed E-state index contributed by atoms with van der Waals surface area (Å²) in [4.78, 5) is 21.9. The number of anilines is 1. The molecule has 1 aromatic rings. The van der Waals surface area contributed by atoms with Crippen LogP contribution in [0.3, 0.4) is 0 Å². The van der Waals surface area contributed by atoms with E-state index in [0.29, 0.717) is 17.3 Å². The lowest BCUT2D eigenvalue weighted by atomic mass is 10.3. The van der Waals surface area contributed by atoms with E-state index in [2.05, 4.69) is 10.6 Å². The van der Waals surface area contributed by atoms with Crippen molar-refractivity contribution in [3.8, 4) is 0 Å². The Kier molecular flexibility index (Phi) is 5.45. The van der Waals surface area contributed by atoms with Gasteiger partial charge in [-0.25, -0.2) is 0 Å². The van der Waals surface area contributed by atoms with Gasteiger partial charge in [0, 0.05) is 23.7 Å². The van der Waals surface area contributed by atoms with Crippen molar-refractivity contribution in [1.82, 2.24) is 5.32 Å². The highest BCUT2D eigenvalue weighted by Crippen LogP contribution is 2.12. The fourth-order valence-corrected chi connectivity index (χ4v) is 1.28. The summed E-state index contributed by atoms with van der Waals surface area (Å²) in [6.45, 7) is 0.527. The van der Waals surface area contributed by atoms with E-state index in [1.807, 2.05) is 0 Å². The molecule has 1 aromatic carbocycles. The number of amides is 2. The Balaban J connectivity index is 2.25. The zero-order valence-electron chi connectivity index (χ0n) is 9.20. The maximum atomic E-state index is 11.4. The van der Waals surface area contributed by atoms with E-state index >= 15 is 0 Å². The van der Waals surface area contributed by atoms with Crippen molar-refractivity contribution < 1.29 is 9.59 Å². The largest absolute Gasteiger partial charge is 0.370 e. The zero-order chi connectivity index (χ0) is 12.7. The quantitative estimate of drug-likeness (QED) is 0.656. The summed E-state index contributed by atoms with van der Waals surface area (Å²) >= 11 is 5.71. The van der Waals surface area contributed by atoms with Gasteiger partial charge >= 0.3 is 0 Å². The Hall–Kier alpha value is -1.59. The second-order valence-corrected chi connectivity index (χ2v) is 3.88. The van der Waals surface area contributed by atoms with Gasteiger partial charge < -0.3 is 16.4 Å². The molecule has 5 nitrogen and oxygen atoms in total. The van der Waals surface area contributed by atoms with Gasteiger partial charge in [0.2, 0.25) is 11.8 Å². The first-order chi connectivity index (χ1) is 8.08. The van der Waals surface area contributed by atoms with Gasteiger partial charge in [0.25, 0.3) is 0 Å². The molecule has 0 saturated carbocycles. The molecule has 0 fully saturated rings. The van der Waals surface area contributed by atoms with Gasteiger partial charge in [-0.3, -0.25) is 9.59 Å². The van der Waals surface area contributed by atoms with Gasteiger partial charge in [-0.2, -0.15) is 0 Å². The minimum absolute atomic E-state index is 0.135. The predicted molar refractivity (Wildman–Crippen MR) is 66.8 cm³/mol. The average Bonchev–Trinajstić information content (AvgIpc) is 2.27. The fraction of sp³-hybridized carbons (Fsp3) is 0.273. The van der Waals surface area contributed by atoms with Crippen molar-refractivity contribution in [2.24, 2.45) is 5.73 Å². The lowest BCUT2D eigenvalue weighted by Gasteiger charge is -2.06. The molecule has 0 aliphatic rings. The zero-order valence-corrected chi connectivity index (χ0v) is 9.96. The van der Waals surface area contributed by atoms with Crippen molar-refractivity contribution in [2.75, 3.05) is 18.4 Å². The highest BCUT2D eigenvalue weighted by atomic mass is 35.5. The van der Waals surface area contributed by atoms with Gasteiger partial charge in [-0.05, 0) is 24.3 Å². The third-order valence-electron chi connectivity index (χ3n) is 1.96. The van der Waals surface area contributed by atoms with Crippen LogP contribution < -0.4 is 16.4 Å². The summed E-state index contributed by atoms with van der Waals surface area (Å²) in [5, 5.41) is 6.10. The van der Waals surface area contributed by atoms with Crippen LogP contribution in [0, 0.1) is 0 Å². The number of halogens is 1. The standard InChI is InChI=1S/C11H14ClN3O2/c12-8-1-3-9(4-2-8)15-11(17)7-14-6-5-10(13)16/h1-4,14H,5-7H2,(H2,13,16)(H,15,17). The Bertz CT molecular complexity index is 392. The smallest absolute Gasteiger partial charge is 0.238 e. The Morgan fingerprint density at radius 3 is 2.47 bits per heavy atom. The molecule has 0 aliphatic carbocycles. The van der Waals surface area contributed by atoms with E-state index in [9.17, 15) is 9.59 Å². The van der Waals surface area contributed by atoms with E-state index in [4.69, 9.17) is 17.3 Å². The van der Waals surface area contributed by atoms with Crippen LogP contribution >= 0.6 is 11.6 Å². The number of benzene rings is 1. The maximum absolute atomic E-state index is 11.4. The predicted octanol–water partition coefficient (Wildman–Crippen LogP) is 0.743. The Labute approximate surface area is 104 Å². The van der Waals surface area contributed by atoms with Gasteiger partial charge in [0.05, 0.1) is 6.54 Å². The third kappa shape index (κ3) is 5.89. The molecule has 17 heavy (non-hydrogen) atoms. The molecule has 2 amide bonds. The summed E-state index contributed by atoms with van der Waals surface area (Å²) in [7, 11) is 0. The molecular weight excluding hydrogens is 242 g/mol. The number of hydrogen-bond acceptors (Lipinski definition) is 3. The third-order valence-corrected chi connectivity index (χ3v) is 2.21. The van der Waals surface area contributed by atoms with Gasteiger partial charge in [-0.15, -0.1) is 0 Å². The Morgan fingerprint density at radius 2 is 1.88 bits per heavy atom. The van der Waals surface area contributed by atoms with Crippen LogP contribution in [0.4, 0.5) is 5.69 Å². The average molecular weight is 256 g/mol. The number of nitrogens with two attached hydrogens (primary N) is 1.